The van der Waals surface area contributed by atoms with Crippen LogP contribution in [0.25, 0.3) is 0 Å². The van der Waals surface area contributed by atoms with Gasteiger partial charge in [-0.2, -0.15) is 0 Å². The van der Waals surface area contributed by atoms with E-state index in [1.165, 1.54) is 29.2 Å². The van der Waals surface area contributed by atoms with Crippen molar-refractivity contribution in [2.45, 2.75) is 50.7 Å². The molecule has 0 saturated heterocycles. The third kappa shape index (κ3) is 7.49. The van der Waals surface area contributed by atoms with Gasteiger partial charge in [0.05, 0.1) is 10.6 Å². The summed E-state index contributed by atoms with van der Waals surface area (Å²) < 4.78 is 28.5. The fraction of sp³-hybridized carbons (Fsp3) is 0.286. The first-order valence-corrected chi connectivity index (χ1v) is 14.4. The molecule has 10 heteroatoms. The summed E-state index contributed by atoms with van der Waals surface area (Å²) in [6, 6.07) is 20.1. The Morgan fingerprint density at radius 2 is 1.55 bits per heavy atom. The SMILES string of the molecule is CC[C@H](C)NC(=O)[C@H](C)N(Cc1cccc(Cl)c1)C(=O)CN(c1ccccc1)S(=O)(=O)c1ccc(Cl)cc1. The minimum absolute atomic E-state index is 0.0116. The van der Waals surface area contributed by atoms with Crippen LogP contribution >= 0.6 is 23.2 Å². The summed E-state index contributed by atoms with van der Waals surface area (Å²) in [5, 5.41) is 3.78. The smallest absolute Gasteiger partial charge is 0.264 e. The number of halogens is 2. The Morgan fingerprint density at radius 3 is 2.16 bits per heavy atom. The number of hydrogen-bond acceptors (Lipinski definition) is 4. The Balaban J connectivity index is 2.00. The van der Waals surface area contributed by atoms with Crippen LogP contribution in [-0.2, 0) is 26.2 Å². The van der Waals surface area contributed by atoms with Crippen molar-refractivity contribution in [3.05, 3.63) is 94.5 Å². The summed E-state index contributed by atoms with van der Waals surface area (Å²) in [6.45, 7) is 5.00. The molecule has 1 N–H and O–H groups in total. The predicted molar refractivity (Wildman–Crippen MR) is 152 cm³/mol. The second-order valence-electron chi connectivity index (χ2n) is 8.95. The summed E-state index contributed by atoms with van der Waals surface area (Å²) in [5.74, 6) is -0.875. The topological polar surface area (TPSA) is 86.8 Å². The fourth-order valence-electron chi connectivity index (χ4n) is 3.74. The van der Waals surface area contributed by atoms with Crippen molar-refractivity contribution in [2.75, 3.05) is 10.8 Å². The van der Waals surface area contributed by atoms with E-state index in [-0.39, 0.29) is 23.4 Å². The lowest BCUT2D eigenvalue weighted by atomic mass is 10.1. The largest absolute Gasteiger partial charge is 0.352 e. The van der Waals surface area contributed by atoms with Crippen LogP contribution in [0.4, 0.5) is 5.69 Å². The number of anilines is 1. The first-order valence-electron chi connectivity index (χ1n) is 12.2. The maximum absolute atomic E-state index is 13.8. The lowest BCUT2D eigenvalue weighted by Gasteiger charge is -2.32. The molecule has 0 saturated carbocycles. The molecular weight excluding hydrogens is 545 g/mol. The van der Waals surface area contributed by atoms with Gasteiger partial charge in [-0.25, -0.2) is 8.42 Å². The number of carbonyl (C=O) groups is 2. The normalized spacial score (nSPS) is 12.9. The van der Waals surface area contributed by atoms with Crippen molar-refractivity contribution >= 4 is 50.7 Å². The number of benzene rings is 3. The zero-order chi connectivity index (χ0) is 27.9. The molecule has 0 aliphatic carbocycles. The lowest BCUT2D eigenvalue weighted by Crippen LogP contribution is -2.52. The molecule has 0 aromatic heterocycles. The van der Waals surface area contributed by atoms with Crippen molar-refractivity contribution < 1.29 is 18.0 Å². The molecule has 3 aromatic rings. The first kappa shape index (κ1) is 29.5. The molecular formula is C28H31Cl2N3O4S. The Labute approximate surface area is 234 Å². The standard InChI is InChI=1S/C28H31Cl2N3O4S/c1-4-20(2)31-28(35)21(3)32(18-22-9-8-10-24(30)17-22)27(34)19-33(25-11-6-5-7-12-25)38(36,37)26-15-13-23(29)14-16-26/h5-17,20-21H,4,18-19H2,1-3H3,(H,31,35)/t20-,21-/m0/s1. The molecule has 0 radical (unpaired) electrons. The average Bonchev–Trinajstić information content (AvgIpc) is 2.90. The van der Waals surface area contributed by atoms with Gasteiger partial charge < -0.3 is 10.2 Å². The van der Waals surface area contributed by atoms with E-state index in [4.69, 9.17) is 23.2 Å². The monoisotopic (exact) mass is 575 g/mol. The van der Waals surface area contributed by atoms with Crippen LogP contribution in [0, 0.1) is 0 Å². The van der Waals surface area contributed by atoms with E-state index in [9.17, 15) is 18.0 Å². The minimum atomic E-state index is -4.14. The maximum Gasteiger partial charge on any atom is 0.264 e. The van der Waals surface area contributed by atoms with Crippen LogP contribution in [0.5, 0.6) is 0 Å². The fourth-order valence-corrected chi connectivity index (χ4v) is 5.49. The third-order valence-corrected chi connectivity index (χ3v) is 8.41. The number of rotatable bonds is 11. The van der Waals surface area contributed by atoms with E-state index in [1.54, 1.807) is 61.5 Å². The number of hydrogen-bond donors (Lipinski definition) is 1. The molecule has 0 fully saturated rings. The first-order chi connectivity index (χ1) is 18.0. The van der Waals surface area contributed by atoms with Gasteiger partial charge >= 0.3 is 0 Å². The summed E-state index contributed by atoms with van der Waals surface area (Å²) in [7, 11) is -4.14. The van der Waals surface area contributed by atoms with Crippen LogP contribution in [0.3, 0.4) is 0 Å². The summed E-state index contributed by atoms with van der Waals surface area (Å²) >= 11 is 12.1. The van der Waals surface area contributed by atoms with Gasteiger partial charge in [0, 0.05) is 22.6 Å². The van der Waals surface area contributed by atoms with Crippen molar-refractivity contribution in [3.8, 4) is 0 Å². The molecule has 38 heavy (non-hydrogen) atoms. The molecule has 0 bridgehead atoms. The van der Waals surface area contributed by atoms with Gasteiger partial charge in [-0.05, 0) is 74.4 Å². The van der Waals surface area contributed by atoms with Crippen LogP contribution in [0.15, 0.2) is 83.8 Å². The zero-order valence-electron chi connectivity index (χ0n) is 21.5. The number of amides is 2. The van der Waals surface area contributed by atoms with E-state index < -0.39 is 28.5 Å². The van der Waals surface area contributed by atoms with E-state index in [2.05, 4.69) is 5.32 Å². The molecule has 7 nitrogen and oxygen atoms in total. The number of para-hydroxylation sites is 1. The van der Waals surface area contributed by atoms with E-state index in [0.29, 0.717) is 21.3 Å². The Morgan fingerprint density at radius 1 is 0.895 bits per heavy atom. The highest BCUT2D eigenvalue weighted by molar-refractivity contribution is 7.92. The average molecular weight is 577 g/mol. The van der Waals surface area contributed by atoms with Gasteiger partial charge in [0.2, 0.25) is 11.8 Å². The molecule has 3 aromatic carbocycles. The van der Waals surface area contributed by atoms with E-state index >= 15 is 0 Å². The van der Waals surface area contributed by atoms with Crippen molar-refractivity contribution in [1.82, 2.24) is 10.2 Å². The van der Waals surface area contributed by atoms with Gasteiger partial charge in [0.15, 0.2) is 0 Å². The molecule has 0 spiro atoms. The van der Waals surface area contributed by atoms with Crippen LogP contribution in [0.2, 0.25) is 10.0 Å². The van der Waals surface area contributed by atoms with E-state index in [0.717, 1.165) is 10.7 Å². The van der Waals surface area contributed by atoms with Crippen molar-refractivity contribution in [3.63, 3.8) is 0 Å². The molecule has 2 amide bonds. The van der Waals surface area contributed by atoms with Gasteiger partial charge in [0.25, 0.3) is 10.0 Å². The number of nitrogens with one attached hydrogen (secondary N) is 1. The second kappa shape index (κ2) is 13.1. The summed E-state index contributed by atoms with van der Waals surface area (Å²) in [4.78, 5) is 28.2. The van der Waals surface area contributed by atoms with Gasteiger partial charge in [-0.15, -0.1) is 0 Å². The highest BCUT2D eigenvalue weighted by Crippen LogP contribution is 2.25. The number of sulfonamides is 1. The lowest BCUT2D eigenvalue weighted by molar-refractivity contribution is -0.139. The Kier molecular flexibility index (Phi) is 10.2. The zero-order valence-corrected chi connectivity index (χ0v) is 23.8. The van der Waals surface area contributed by atoms with Gasteiger partial charge in [-0.3, -0.25) is 13.9 Å². The van der Waals surface area contributed by atoms with Crippen LogP contribution in [-0.4, -0.2) is 43.8 Å². The molecule has 202 valence electrons. The molecule has 0 heterocycles. The number of carbonyl (C=O) groups excluding carboxylic acids is 2. The highest BCUT2D eigenvalue weighted by atomic mass is 35.5. The quantitative estimate of drug-likeness (QED) is 0.326. The molecule has 0 aliphatic heterocycles. The molecule has 3 rings (SSSR count). The van der Waals surface area contributed by atoms with Crippen molar-refractivity contribution in [2.24, 2.45) is 0 Å². The molecule has 2 atom stereocenters. The molecule has 0 aliphatic rings. The molecule has 0 unspecified atom stereocenters. The van der Waals surface area contributed by atoms with E-state index in [1.807, 2.05) is 13.8 Å². The Bertz CT molecular complexity index is 1350. The van der Waals surface area contributed by atoms with Gasteiger partial charge in [-0.1, -0.05) is 60.5 Å². The number of nitrogens with zero attached hydrogens (tertiary/aromatic N) is 2. The van der Waals surface area contributed by atoms with Crippen LogP contribution in [0.1, 0.15) is 32.8 Å². The summed E-state index contributed by atoms with van der Waals surface area (Å²) in [6.07, 6.45) is 0.724. The summed E-state index contributed by atoms with van der Waals surface area (Å²) in [5.41, 5.74) is 1.02. The maximum atomic E-state index is 13.8. The minimum Gasteiger partial charge on any atom is -0.352 e. The van der Waals surface area contributed by atoms with Crippen LogP contribution < -0.4 is 9.62 Å². The second-order valence-corrected chi connectivity index (χ2v) is 11.7. The Hall–Kier alpha value is -3.07. The third-order valence-electron chi connectivity index (χ3n) is 6.13. The van der Waals surface area contributed by atoms with Crippen molar-refractivity contribution in [1.29, 1.82) is 0 Å². The predicted octanol–water partition coefficient (Wildman–Crippen LogP) is 5.52. The van der Waals surface area contributed by atoms with Gasteiger partial charge in [0.1, 0.15) is 12.6 Å². The highest BCUT2D eigenvalue weighted by Gasteiger charge is 2.32.